The lowest BCUT2D eigenvalue weighted by atomic mass is 10.2. The average molecular weight is 304 g/mol. The van der Waals surface area contributed by atoms with Gasteiger partial charge in [0.2, 0.25) is 0 Å². The molecule has 1 fully saturated rings. The maximum Gasteiger partial charge on any atom is 0.139 e. The lowest BCUT2D eigenvalue weighted by molar-refractivity contribution is -0.0522. The highest BCUT2D eigenvalue weighted by Gasteiger charge is 2.22. The minimum atomic E-state index is 0.283. The Hall–Kier alpha value is -0.480. The molecule has 0 bridgehead atoms. The number of hydrogen-bond donors (Lipinski definition) is 0. The summed E-state index contributed by atoms with van der Waals surface area (Å²) >= 11 is 12.0. The number of ether oxygens (including phenoxy) is 2. The smallest absolute Gasteiger partial charge is 0.139 e. The first-order valence-corrected chi connectivity index (χ1v) is 7.25. The summed E-state index contributed by atoms with van der Waals surface area (Å²) in [6.45, 7) is 7.42. The Bertz CT molecular complexity index is 428. The molecule has 19 heavy (non-hydrogen) atoms. The van der Waals surface area contributed by atoms with Crippen molar-refractivity contribution in [2.24, 2.45) is 0 Å². The normalized spacial score (nSPS) is 24.4. The van der Waals surface area contributed by atoms with Crippen LogP contribution in [0, 0.1) is 0 Å². The van der Waals surface area contributed by atoms with Gasteiger partial charge in [0.15, 0.2) is 0 Å². The van der Waals surface area contributed by atoms with Gasteiger partial charge in [-0.05, 0) is 26.0 Å². The Labute approximate surface area is 124 Å². The quantitative estimate of drug-likeness (QED) is 0.850. The molecule has 106 valence electrons. The molecular weight excluding hydrogens is 285 g/mol. The van der Waals surface area contributed by atoms with E-state index in [1.165, 1.54) is 0 Å². The topological polar surface area (TPSA) is 21.7 Å². The monoisotopic (exact) mass is 303 g/mol. The first kappa shape index (κ1) is 14.9. The van der Waals surface area contributed by atoms with Gasteiger partial charge in [-0.1, -0.05) is 23.2 Å². The van der Waals surface area contributed by atoms with Gasteiger partial charge in [-0.3, -0.25) is 4.90 Å². The van der Waals surface area contributed by atoms with E-state index in [-0.39, 0.29) is 6.10 Å². The molecule has 0 radical (unpaired) electrons. The van der Waals surface area contributed by atoms with Gasteiger partial charge in [0.05, 0.1) is 17.7 Å². The number of benzene rings is 1. The lowest BCUT2D eigenvalue weighted by Crippen LogP contribution is -2.48. The number of halogens is 2. The van der Waals surface area contributed by atoms with Gasteiger partial charge in [0, 0.05) is 30.2 Å². The maximum atomic E-state index is 6.05. The van der Waals surface area contributed by atoms with Gasteiger partial charge < -0.3 is 9.47 Å². The van der Waals surface area contributed by atoms with Crippen LogP contribution in [0.1, 0.15) is 13.8 Å². The highest BCUT2D eigenvalue weighted by Crippen LogP contribution is 2.27. The van der Waals surface area contributed by atoms with Crippen LogP contribution in [-0.4, -0.2) is 43.3 Å². The Kier molecular flexibility index (Phi) is 5.34. The minimum absolute atomic E-state index is 0.283. The fourth-order valence-corrected chi connectivity index (χ4v) is 2.48. The summed E-state index contributed by atoms with van der Waals surface area (Å²) in [7, 11) is 0. The highest BCUT2D eigenvalue weighted by atomic mass is 35.5. The number of morpholine rings is 1. The van der Waals surface area contributed by atoms with E-state index in [1.54, 1.807) is 18.2 Å². The lowest BCUT2D eigenvalue weighted by Gasteiger charge is -2.36. The van der Waals surface area contributed by atoms with Crippen molar-refractivity contribution in [1.29, 1.82) is 0 Å². The fraction of sp³-hybridized carbons (Fsp3) is 0.571. The van der Waals surface area contributed by atoms with Crippen molar-refractivity contribution >= 4 is 23.2 Å². The number of hydrogen-bond acceptors (Lipinski definition) is 3. The van der Waals surface area contributed by atoms with Crippen LogP contribution >= 0.6 is 23.2 Å². The molecular formula is C14H19Cl2NO2. The van der Waals surface area contributed by atoms with Crippen molar-refractivity contribution in [2.75, 3.05) is 26.3 Å². The molecule has 1 aliphatic heterocycles. The minimum Gasteiger partial charge on any atom is -0.491 e. The molecule has 0 N–H and O–H groups in total. The predicted molar refractivity (Wildman–Crippen MR) is 78.4 cm³/mol. The van der Waals surface area contributed by atoms with Crippen molar-refractivity contribution in [3.05, 3.63) is 28.2 Å². The third kappa shape index (κ3) is 4.25. The number of nitrogens with zero attached hydrogens (tertiary/aromatic N) is 1. The SMILES string of the molecule is CC1CN(CCOc2cc(Cl)ccc2Cl)C(C)CO1. The zero-order chi connectivity index (χ0) is 13.8. The summed E-state index contributed by atoms with van der Waals surface area (Å²) in [6.07, 6.45) is 0.283. The molecule has 5 heteroatoms. The maximum absolute atomic E-state index is 6.05. The Balaban J connectivity index is 1.84. The van der Waals surface area contributed by atoms with E-state index in [0.29, 0.717) is 28.4 Å². The first-order chi connectivity index (χ1) is 9.06. The zero-order valence-electron chi connectivity index (χ0n) is 11.2. The van der Waals surface area contributed by atoms with Gasteiger partial charge in [-0.2, -0.15) is 0 Å². The van der Waals surface area contributed by atoms with E-state index in [0.717, 1.165) is 19.7 Å². The molecule has 0 saturated carbocycles. The van der Waals surface area contributed by atoms with E-state index in [9.17, 15) is 0 Å². The molecule has 0 aromatic heterocycles. The highest BCUT2D eigenvalue weighted by molar-refractivity contribution is 6.34. The summed E-state index contributed by atoms with van der Waals surface area (Å²) in [4.78, 5) is 2.37. The second-order valence-corrected chi connectivity index (χ2v) is 5.75. The largest absolute Gasteiger partial charge is 0.491 e. The summed E-state index contributed by atoms with van der Waals surface area (Å²) in [5, 5.41) is 1.22. The zero-order valence-corrected chi connectivity index (χ0v) is 12.7. The van der Waals surface area contributed by atoms with Crippen molar-refractivity contribution in [3.63, 3.8) is 0 Å². The van der Waals surface area contributed by atoms with Crippen LogP contribution < -0.4 is 4.74 Å². The van der Waals surface area contributed by atoms with E-state index in [4.69, 9.17) is 32.7 Å². The van der Waals surface area contributed by atoms with Crippen LogP contribution in [0.4, 0.5) is 0 Å². The third-order valence-electron chi connectivity index (χ3n) is 3.27. The summed E-state index contributed by atoms with van der Waals surface area (Å²) in [5.74, 6) is 0.642. The molecule has 1 aromatic carbocycles. The predicted octanol–water partition coefficient (Wildman–Crippen LogP) is 3.48. The molecule has 3 nitrogen and oxygen atoms in total. The number of rotatable bonds is 4. The third-order valence-corrected chi connectivity index (χ3v) is 3.81. The van der Waals surface area contributed by atoms with E-state index < -0.39 is 0 Å². The second kappa shape index (κ2) is 6.80. The van der Waals surface area contributed by atoms with Gasteiger partial charge >= 0.3 is 0 Å². The van der Waals surface area contributed by atoms with Crippen LogP contribution in [0.15, 0.2) is 18.2 Å². The Morgan fingerprint density at radius 3 is 2.95 bits per heavy atom. The van der Waals surface area contributed by atoms with Crippen LogP contribution in [0.25, 0.3) is 0 Å². The van der Waals surface area contributed by atoms with E-state index in [2.05, 4.69) is 18.7 Å². The molecule has 1 saturated heterocycles. The molecule has 0 amide bonds. The summed E-state index contributed by atoms with van der Waals surface area (Å²) in [6, 6.07) is 5.67. The molecule has 2 unspecified atom stereocenters. The second-order valence-electron chi connectivity index (χ2n) is 4.91. The van der Waals surface area contributed by atoms with E-state index in [1.807, 2.05) is 0 Å². The molecule has 0 aliphatic carbocycles. The Morgan fingerprint density at radius 1 is 1.37 bits per heavy atom. The molecule has 1 heterocycles. The summed E-state index contributed by atoms with van der Waals surface area (Å²) < 4.78 is 11.3. The molecule has 2 atom stereocenters. The molecule has 1 aliphatic rings. The van der Waals surface area contributed by atoms with Gasteiger partial charge in [-0.25, -0.2) is 0 Å². The Morgan fingerprint density at radius 2 is 2.16 bits per heavy atom. The standard InChI is InChI=1S/C14H19Cl2NO2/c1-10-9-19-11(2)8-17(10)5-6-18-14-7-12(15)3-4-13(14)16/h3-4,7,10-11H,5-6,8-9H2,1-2H3. The first-order valence-electron chi connectivity index (χ1n) is 6.50. The van der Waals surface area contributed by atoms with Crippen molar-refractivity contribution in [1.82, 2.24) is 4.90 Å². The van der Waals surface area contributed by atoms with Gasteiger partial charge in [0.25, 0.3) is 0 Å². The fourth-order valence-electron chi connectivity index (χ4n) is 2.14. The summed E-state index contributed by atoms with van der Waals surface area (Å²) in [5.41, 5.74) is 0. The molecule has 2 rings (SSSR count). The van der Waals surface area contributed by atoms with E-state index >= 15 is 0 Å². The van der Waals surface area contributed by atoms with Crippen molar-refractivity contribution < 1.29 is 9.47 Å². The van der Waals surface area contributed by atoms with Gasteiger partial charge in [0.1, 0.15) is 12.4 Å². The van der Waals surface area contributed by atoms with Crippen LogP contribution in [0.3, 0.4) is 0 Å². The molecule has 1 aromatic rings. The van der Waals surface area contributed by atoms with Gasteiger partial charge in [-0.15, -0.1) is 0 Å². The molecule has 0 spiro atoms. The van der Waals surface area contributed by atoms with Crippen LogP contribution in [0.5, 0.6) is 5.75 Å². The van der Waals surface area contributed by atoms with Crippen molar-refractivity contribution in [3.8, 4) is 5.75 Å². The average Bonchev–Trinajstić information content (AvgIpc) is 2.38. The van der Waals surface area contributed by atoms with Crippen molar-refractivity contribution in [2.45, 2.75) is 26.0 Å². The van der Waals surface area contributed by atoms with Crippen LogP contribution in [0.2, 0.25) is 10.0 Å². The van der Waals surface area contributed by atoms with Crippen LogP contribution in [-0.2, 0) is 4.74 Å².